The molecule has 0 amide bonds. The van der Waals surface area contributed by atoms with Crippen molar-refractivity contribution in [1.82, 2.24) is 0 Å². The molecule has 0 saturated heterocycles. The highest BCUT2D eigenvalue weighted by molar-refractivity contribution is 5.75. The average Bonchev–Trinajstić information content (AvgIpc) is 2.97. The summed E-state index contributed by atoms with van der Waals surface area (Å²) in [5.41, 5.74) is 3.88. The van der Waals surface area contributed by atoms with Crippen molar-refractivity contribution in [3.8, 4) is 11.5 Å². The zero-order valence-corrected chi connectivity index (χ0v) is 16.6. The Kier molecular flexibility index (Phi) is 4.69. The minimum absolute atomic E-state index is 0.0371. The van der Waals surface area contributed by atoms with E-state index in [1.54, 1.807) is 7.11 Å². The predicted molar refractivity (Wildman–Crippen MR) is 105 cm³/mol. The van der Waals surface area contributed by atoms with Crippen molar-refractivity contribution in [3.63, 3.8) is 0 Å². The Morgan fingerprint density at radius 2 is 2.11 bits per heavy atom. The number of phenolic OH excluding ortho intramolecular Hbond substituents is 1. The molecule has 1 aromatic rings. The minimum Gasteiger partial charge on any atom is -0.504 e. The standard InChI is InChI=1S/C23H30O4/c1-4-5-22(25)27-21-9-8-18-16-7-6-14-12-19(24)20(26-3)13-17(14)15(16)10-11-23(18,21)2/h10,12-13,16,18,21,24H,4-9,11H2,1-3H3/t16?,18?,21-,23?/m0/s1. The number of aryl methyl sites for hydroxylation is 1. The summed E-state index contributed by atoms with van der Waals surface area (Å²) in [5, 5.41) is 10.1. The van der Waals surface area contributed by atoms with E-state index in [9.17, 15) is 9.90 Å². The second kappa shape index (κ2) is 6.88. The van der Waals surface area contributed by atoms with Gasteiger partial charge in [0.1, 0.15) is 6.10 Å². The first-order valence-corrected chi connectivity index (χ1v) is 10.3. The lowest BCUT2D eigenvalue weighted by atomic mass is 9.60. The van der Waals surface area contributed by atoms with Gasteiger partial charge in [-0.25, -0.2) is 0 Å². The van der Waals surface area contributed by atoms with E-state index in [4.69, 9.17) is 9.47 Å². The van der Waals surface area contributed by atoms with E-state index in [-0.39, 0.29) is 23.2 Å². The molecule has 1 N–H and O–H groups in total. The van der Waals surface area contributed by atoms with E-state index < -0.39 is 0 Å². The molecule has 3 aliphatic rings. The van der Waals surface area contributed by atoms with Gasteiger partial charge in [-0.1, -0.05) is 19.9 Å². The number of ether oxygens (including phenoxy) is 2. The molecule has 27 heavy (non-hydrogen) atoms. The van der Waals surface area contributed by atoms with Crippen molar-refractivity contribution in [2.75, 3.05) is 7.11 Å². The van der Waals surface area contributed by atoms with E-state index in [0.29, 0.717) is 24.0 Å². The number of hydrogen-bond donors (Lipinski definition) is 1. The minimum atomic E-state index is -0.0478. The summed E-state index contributed by atoms with van der Waals surface area (Å²) < 4.78 is 11.3. The molecular weight excluding hydrogens is 340 g/mol. The number of benzene rings is 1. The lowest BCUT2D eigenvalue weighted by Gasteiger charge is -2.46. The molecule has 1 saturated carbocycles. The zero-order chi connectivity index (χ0) is 19.2. The molecule has 0 aliphatic heterocycles. The Labute approximate surface area is 161 Å². The molecule has 0 aromatic heterocycles. The Balaban J connectivity index is 1.64. The van der Waals surface area contributed by atoms with Crippen LogP contribution < -0.4 is 4.74 Å². The first kappa shape index (κ1) is 18.4. The second-order valence-corrected chi connectivity index (χ2v) is 8.61. The third-order valence-electron chi connectivity index (χ3n) is 7.14. The average molecular weight is 370 g/mol. The number of methoxy groups -OCH3 is 1. The molecule has 146 valence electrons. The van der Waals surface area contributed by atoms with Crippen LogP contribution in [0.4, 0.5) is 0 Å². The van der Waals surface area contributed by atoms with Gasteiger partial charge in [-0.05, 0) is 79.2 Å². The van der Waals surface area contributed by atoms with Crippen molar-refractivity contribution in [3.05, 3.63) is 29.3 Å². The fraction of sp³-hybridized carbons (Fsp3) is 0.609. The molecule has 0 heterocycles. The van der Waals surface area contributed by atoms with Gasteiger partial charge in [-0.3, -0.25) is 4.79 Å². The Bertz CT molecular complexity index is 781. The van der Waals surface area contributed by atoms with Crippen LogP contribution in [0.3, 0.4) is 0 Å². The molecule has 0 bridgehead atoms. The number of carbonyl (C=O) groups is 1. The molecular formula is C23H30O4. The maximum Gasteiger partial charge on any atom is 0.306 e. The van der Waals surface area contributed by atoms with Gasteiger partial charge >= 0.3 is 5.97 Å². The van der Waals surface area contributed by atoms with Crippen LogP contribution in [-0.2, 0) is 16.0 Å². The number of allylic oxidation sites excluding steroid dienone is 2. The van der Waals surface area contributed by atoms with Crippen LogP contribution in [0.1, 0.15) is 63.5 Å². The SMILES string of the molecule is CCCC(=O)O[C@H]1CCC2C3CCc4cc(O)c(OC)cc4C3=CCC21C. The largest absolute Gasteiger partial charge is 0.504 e. The number of aromatic hydroxyl groups is 1. The number of rotatable bonds is 4. The molecule has 1 aromatic carbocycles. The fourth-order valence-corrected chi connectivity index (χ4v) is 5.71. The molecule has 1 fully saturated rings. The molecule has 3 unspecified atom stereocenters. The summed E-state index contributed by atoms with van der Waals surface area (Å²) in [7, 11) is 1.60. The highest BCUT2D eigenvalue weighted by atomic mass is 16.5. The van der Waals surface area contributed by atoms with Gasteiger partial charge in [-0.2, -0.15) is 0 Å². The van der Waals surface area contributed by atoms with Gasteiger partial charge in [-0.15, -0.1) is 0 Å². The molecule has 4 rings (SSSR count). The summed E-state index contributed by atoms with van der Waals surface area (Å²) in [4.78, 5) is 12.1. The number of esters is 1. The third-order valence-corrected chi connectivity index (χ3v) is 7.14. The summed E-state index contributed by atoms with van der Waals surface area (Å²) in [6.07, 6.45) is 8.85. The van der Waals surface area contributed by atoms with E-state index >= 15 is 0 Å². The molecule has 4 atom stereocenters. The Morgan fingerprint density at radius 1 is 1.30 bits per heavy atom. The van der Waals surface area contributed by atoms with Gasteiger partial charge < -0.3 is 14.6 Å². The predicted octanol–water partition coefficient (Wildman–Crippen LogP) is 4.88. The lowest BCUT2D eigenvalue weighted by molar-refractivity contribution is -0.155. The van der Waals surface area contributed by atoms with E-state index in [1.807, 2.05) is 19.1 Å². The Morgan fingerprint density at radius 3 is 2.85 bits per heavy atom. The van der Waals surface area contributed by atoms with E-state index in [0.717, 1.165) is 38.5 Å². The van der Waals surface area contributed by atoms with Crippen LogP contribution >= 0.6 is 0 Å². The van der Waals surface area contributed by atoms with Crippen LogP contribution in [0.15, 0.2) is 18.2 Å². The lowest BCUT2D eigenvalue weighted by Crippen LogP contribution is -2.41. The summed E-state index contributed by atoms with van der Waals surface area (Å²) >= 11 is 0. The number of carbonyl (C=O) groups excluding carboxylic acids is 1. The third kappa shape index (κ3) is 2.94. The molecule has 4 heteroatoms. The fourth-order valence-electron chi connectivity index (χ4n) is 5.71. The maximum atomic E-state index is 12.1. The monoisotopic (exact) mass is 370 g/mol. The number of fused-ring (bicyclic) bond motifs is 5. The zero-order valence-electron chi connectivity index (χ0n) is 16.6. The van der Waals surface area contributed by atoms with Crippen molar-refractivity contribution in [2.45, 2.75) is 64.9 Å². The first-order chi connectivity index (χ1) is 13.0. The van der Waals surface area contributed by atoms with E-state index in [1.165, 1.54) is 16.7 Å². The quantitative estimate of drug-likeness (QED) is 0.768. The van der Waals surface area contributed by atoms with Crippen LogP contribution in [0, 0.1) is 17.3 Å². The highest BCUT2D eigenvalue weighted by Crippen LogP contribution is 2.59. The van der Waals surface area contributed by atoms with Crippen LogP contribution in [0.2, 0.25) is 0 Å². The van der Waals surface area contributed by atoms with Gasteiger partial charge in [0.2, 0.25) is 0 Å². The molecule has 0 radical (unpaired) electrons. The Hall–Kier alpha value is -1.97. The summed E-state index contributed by atoms with van der Waals surface area (Å²) in [5.74, 6) is 1.76. The normalized spacial score (nSPS) is 31.4. The molecule has 4 nitrogen and oxygen atoms in total. The smallest absolute Gasteiger partial charge is 0.306 e. The number of hydrogen-bond acceptors (Lipinski definition) is 4. The maximum absolute atomic E-state index is 12.1. The van der Waals surface area contributed by atoms with Crippen molar-refractivity contribution in [2.24, 2.45) is 17.3 Å². The topological polar surface area (TPSA) is 55.8 Å². The van der Waals surface area contributed by atoms with Crippen molar-refractivity contribution in [1.29, 1.82) is 0 Å². The first-order valence-electron chi connectivity index (χ1n) is 10.3. The van der Waals surface area contributed by atoms with Crippen LogP contribution in [0.25, 0.3) is 5.57 Å². The summed E-state index contributed by atoms with van der Waals surface area (Å²) in [6.45, 7) is 4.33. The van der Waals surface area contributed by atoms with Crippen molar-refractivity contribution >= 4 is 11.5 Å². The highest BCUT2D eigenvalue weighted by Gasteiger charge is 2.54. The molecule has 3 aliphatic carbocycles. The van der Waals surface area contributed by atoms with Gasteiger partial charge in [0.25, 0.3) is 0 Å². The molecule has 0 spiro atoms. The summed E-state index contributed by atoms with van der Waals surface area (Å²) in [6, 6.07) is 3.86. The van der Waals surface area contributed by atoms with Gasteiger partial charge in [0.05, 0.1) is 7.11 Å². The second-order valence-electron chi connectivity index (χ2n) is 8.61. The van der Waals surface area contributed by atoms with Crippen LogP contribution in [-0.4, -0.2) is 24.3 Å². The number of phenols is 1. The van der Waals surface area contributed by atoms with Gasteiger partial charge in [0, 0.05) is 11.8 Å². The van der Waals surface area contributed by atoms with Crippen molar-refractivity contribution < 1.29 is 19.4 Å². The van der Waals surface area contributed by atoms with Gasteiger partial charge in [0.15, 0.2) is 11.5 Å². The van der Waals surface area contributed by atoms with E-state index in [2.05, 4.69) is 13.0 Å². The van der Waals surface area contributed by atoms with Crippen LogP contribution in [0.5, 0.6) is 11.5 Å².